The Kier molecular flexibility index (Phi) is 4.08. The monoisotopic (exact) mass is 332 g/mol. The molecule has 1 fully saturated rings. The number of phenolic OH excluding ortho intramolecular Hbond substituents is 1. The Hall–Kier alpha value is -2.01. The van der Waals surface area contributed by atoms with Gasteiger partial charge in [0.2, 0.25) is 0 Å². The number of carbonyl (C=O) groups excluding carboxylic acids is 1. The van der Waals surface area contributed by atoms with Gasteiger partial charge in [0.25, 0.3) is 0 Å². The number of cyclic esters (lactones) is 1. The van der Waals surface area contributed by atoms with Gasteiger partial charge < -0.3 is 19.7 Å². The fourth-order valence-corrected chi connectivity index (χ4v) is 3.45. The zero-order valence-corrected chi connectivity index (χ0v) is 14.5. The average molecular weight is 332 g/mol. The molecule has 2 N–H and O–H groups in total. The highest BCUT2D eigenvalue weighted by Crippen LogP contribution is 2.45. The minimum absolute atomic E-state index is 0.0430. The molecular weight excluding hydrogens is 308 g/mol. The van der Waals surface area contributed by atoms with Crippen LogP contribution in [0.3, 0.4) is 0 Å². The summed E-state index contributed by atoms with van der Waals surface area (Å²) >= 11 is 0. The van der Waals surface area contributed by atoms with Crippen molar-refractivity contribution in [3.8, 4) is 11.5 Å². The molecule has 130 valence electrons. The first-order valence-electron chi connectivity index (χ1n) is 8.27. The van der Waals surface area contributed by atoms with E-state index in [0.29, 0.717) is 6.42 Å². The van der Waals surface area contributed by atoms with E-state index in [-0.39, 0.29) is 17.8 Å². The standard InChI is InChI=1S/C19H24O5/c1-10-14(6-5-13-7-12(20)8-16(21)23-13)18-15(11(2)17(10)22)9-19(3,4)24-18/h5-6,12-13,20,22H,7-9H2,1-4H3/t12-,13-/m0/s1. The van der Waals surface area contributed by atoms with Crippen LogP contribution in [0.1, 0.15) is 48.9 Å². The van der Waals surface area contributed by atoms with Crippen LogP contribution in [-0.2, 0) is 16.0 Å². The normalized spacial score (nSPS) is 25.5. The lowest BCUT2D eigenvalue weighted by atomic mass is 9.92. The Morgan fingerprint density at radius 2 is 1.96 bits per heavy atom. The average Bonchev–Trinajstić information content (AvgIpc) is 2.79. The fourth-order valence-electron chi connectivity index (χ4n) is 3.45. The van der Waals surface area contributed by atoms with Crippen LogP contribution in [0.15, 0.2) is 6.08 Å². The Bertz CT molecular complexity index is 717. The van der Waals surface area contributed by atoms with Crippen molar-refractivity contribution >= 4 is 12.0 Å². The molecule has 1 aromatic carbocycles. The number of carbonyl (C=O) groups is 1. The number of fused-ring (bicyclic) bond motifs is 1. The van der Waals surface area contributed by atoms with Crippen molar-refractivity contribution in [3.63, 3.8) is 0 Å². The molecule has 0 spiro atoms. The quantitative estimate of drug-likeness (QED) is 0.815. The third-order valence-electron chi connectivity index (χ3n) is 4.73. The summed E-state index contributed by atoms with van der Waals surface area (Å²) in [6.45, 7) is 7.79. The molecule has 24 heavy (non-hydrogen) atoms. The molecule has 3 rings (SSSR count). The Morgan fingerprint density at radius 1 is 1.25 bits per heavy atom. The zero-order valence-electron chi connectivity index (χ0n) is 14.5. The molecule has 0 saturated carbocycles. The maximum absolute atomic E-state index is 11.5. The summed E-state index contributed by atoms with van der Waals surface area (Å²) in [7, 11) is 0. The molecule has 0 unspecified atom stereocenters. The lowest BCUT2D eigenvalue weighted by Gasteiger charge is -2.23. The molecule has 2 aliphatic heterocycles. The van der Waals surface area contributed by atoms with E-state index in [1.165, 1.54) is 0 Å². The van der Waals surface area contributed by atoms with E-state index in [9.17, 15) is 15.0 Å². The van der Waals surface area contributed by atoms with Gasteiger partial charge in [-0.25, -0.2) is 0 Å². The molecule has 1 aromatic rings. The van der Waals surface area contributed by atoms with Gasteiger partial charge >= 0.3 is 5.97 Å². The first kappa shape index (κ1) is 16.8. The first-order chi connectivity index (χ1) is 11.2. The molecule has 0 aliphatic carbocycles. The van der Waals surface area contributed by atoms with Crippen molar-refractivity contribution in [1.29, 1.82) is 0 Å². The lowest BCUT2D eigenvalue weighted by molar-refractivity contribution is -0.156. The number of rotatable bonds is 2. The second-order valence-corrected chi connectivity index (χ2v) is 7.34. The maximum Gasteiger partial charge on any atom is 0.309 e. The van der Waals surface area contributed by atoms with Gasteiger partial charge in [-0.2, -0.15) is 0 Å². The molecule has 0 bridgehead atoms. The smallest absolute Gasteiger partial charge is 0.309 e. The Labute approximate surface area is 141 Å². The van der Waals surface area contributed by atoms with Crippen LogP contribution in [0.5, 0.6) is 11.5 Å². The number of esters is 1. The van der Waals surface area contributed by atoms with Gasteiger partial charge in [-0.3, -0.25) is 4.79 Å². The molecule has 1 saturated heterocycles. The summed E-state index contributed by atoms with van der Waals surface area (Å²) in [5.74, 6) is 0.664. The number of ether oxygens (including phenoxy) is 2. The van der Waals surface area contributed by atoms with Gasteiger partial charge in [-0.1, -0.05) is 6.08 Å². The highest BCUT2D eigenvalue weighted by molar-refractivity contribution is 5.73. The van der Waals surface area contributed by atoms with Gasteiger partial charge in [0, 0.05) is 29.5 Å². The van der Waals surface area contributed by atoms with Crippen LogP contribution in [-0.4, -0.2) is 34.0 Å². The summed E-state index contributed by atoms with van der Waals surface area (Å²) in [6.07, 6.45) is 3.61. The number of hydrogen-bond acceptors (Lipinski definition) is 5. The zero-order chi connectivity index (χ0) is 17.6. The van der Waals surface area contributed by atoms with Crippen molar-refractivity contribution in [2.24, 2.45) is 0 Å². The van der Waals surface area contributed by atoms with E-state index in [1.54, 1.807) is 6.08 Å². The largest absolute Gasteiger partial charge is 0.507 e. The number of phenols is 1. The molecule has 0 amide bonds. The fraction of sp³-hybridized carbons (Fsp3) is 0.526. The van der Waals surface area contributed by atoms with Crippen LogP contribution in [0.25, 0.3) is 6.08 Å². The third kappa shape index (κ3) is 3.00. The molecule has 0 aromatic heterocycles. The number of benzene rings is 1. The summed E-state index contributed by atoms with van der Waals surface area (Å²) in [4.78, 5) is 11.5. The van der Waals surface area contributed by atoms with Crippen molar-refractivity contribution in [2.75, 3.05) is 0 Å². The molecule has 2 aliphatic rings. The van der Waals surface area contributed by atoms with E-state index < -0.39 is 18.2 Å². The Balaban J connectivity index is 1.97. The summed E-state index contributed by atoms with van der Waals surface area (Å²) in [6, 6.07) is 0. The van der Waals surface area contributed by atoms with Crippen LogP contribution in [0.4, 0.5) is 0 Å². The van der Waals surface area contributed by atoms with E-state index in [1.807, 2.05) is 33.8 Å². The van der Waals surface area contributed by atoms with Crippen molar-refractivity contribution in [1.82, 2.24) is 0 Å². The van der Waals surface area contributed by atoms with Crippen molar-refractivity contribution in [2.45, 2.75) is 64.8 Å². The predicted molar refractivity (Wildman–Crippen MR) is 90.1 cm³/mol. The van der Waals surface area contributed by atoms with E-state index in [4.69, 9.17) is 9.47 Å². The maximum atomic E-state index is 11.5. The third-order valence-corrected chi connectivity index (χ3v) is 4.73. The van der Waals surface area contributed by atoms with Crippen LogP contribution >= 0.6 is 0 Å². The summed E-state index contributed by atoms with van der Waals surface area (Å²) in [5.41, 5.74) is 3.09. The molecule has 5 nitrogen and oxygen atoms in total. The minimum atomic E-state index is -0.672. The van der Waals surface area contributed by atoms with Gasteiger partial charge in [0.1, 0.15) is 23.2 Å². The second-order valence-electron chi connectivity index (χ2n) is 7.34. The molecular formula is C19H24O5. The van der Waals surface area contributed by atoms with Gasteiger partial charge in [0.15, 0.2) is 0 Å². The summed E-state index contributed by atoms with van der Waals surface area (Å²) < 4.78 is 11.3. The van der Waals surface area contributed by atoms with Gasteiger partial charge in [-0.15, -0.1) is 0 Å². The SMILES string of the molecule is Cc1c(O)c(C)c2c(c1C=C[C@H]1C[C@H](O)CC(=O)O1)OC(C)(C)C2. The van der Waals surface area contributed by atoms with Crippen LogP contribution in [0, 0.1) is 13.8 Å². The predicted octanol–water partition coefficient (Wildman–Crippen LogP) is 2.80. The number of aliphatic hydroxyl groups is 1. The summed E-state index contributed by atoms with van der Waals surface area (Å²) in [5, 5.41) is 20.1. The Morgan fingerprint density at radius 3 is 2.62 bits per heavy atom. The van der Waals surface area contributed by atoms with E-state index in [0.717, 1.165) is 34.4 Å². The van der Waals surface area contributed by atoms with Crippen molar-refractivity contribution < 1.29 is 24.5 Å². The number of aliphatic hydroxyl groups excluding tert-OH is 1. The molecule has 5 heteroatoms. The van der Waals surface area contributed by atoms with Crippen LogP contribution in [0.2, 0.25) is 0 Å². The first-order valence-corrected chi connectivity index (χ1v) is 8.27. The minimum Gasteiger partial charge on any atom is -0.507 e. The van der Waals surface area contributed by atoms with E-state index in [2.05, 4.69) is 0 Å². The highest BCUT2D eigenvalue weighted by Gasteiger charge is 2.35. The lowest BCUT2D eigenvalue weighted by Crippen LogP contribution is -2.31. The van der Waals surface area contributed by atoms with Gasteiger partial charge in [0.05, 0.1) is 12.5 Å². The molecule has 0 radical (unpaired) electrons. The van der Waals surface area contributed by atoms with E-state index >= 15 is 0 Å². The topological polar surface area (TPSA) is 76.0 Å². The highest BCUT2D eigenvalue weighted by atomic mass is 16.5. The van der Waals surface area contributed by atoms with Crippen LogP contribution < -0.4 is 4.74 Å². The number of aromatic hydroxyl groups is 1. The molecule has 2 heterocycles. The van der Waals surface area contributed by atoms with Gasteiger partial charge in [-0.05, 0) is 39.3 Å². The number of hydrogen-bond donors (Lipinski definition) is 2. The molecule has 2 atom stereocenters. The van der Waals surface area contributed by atoms with Crippen molar-refractivity contribution in [3.05, 3.63) is 28.3 Å². The second kappa shape index (κ2) is 5.81.